The summed E-state index contributed by atoms with van der Waals surface area (Å²) in [4.78, 5) is 0. The lowest BCUT2D eigenvalue weighted by Gasteiger charge is -2.36. The van der Waals surface area contributed by atoms with Crippen LogP contribution < -0.4 is 29.6 Å². The van der Waals surface area contributed by atoms with Crippen LogP contribution in [0.2, 0.25) is 0 Å². The Balaban J connectivity index is 1.91. The highest BCUT2D eigenvalue weighted by atomic mass is 16.5. The predicted molar refractivity (Wildman–Crippen MR) is 161 cm³/mol. The predicted octanol–water partition coefficient (Wildman–Crippen LogP) is 7.21. The van der Waals surface area contributed by atoms with Crippen LogP contribution >= 0.6 is 0 Å². The third-order valence-corrected chi connectivity index (χ3v) is 7.34. The van der Waals surface area contributed by atoms with Crippen LogP contribution in [0.25, 0.3) is 0 Å². The highest BCUT2D eigenvalue weighted by Gasteiger charge is 2.33. The molecule has 4 atom stereocenters. The van der Waals surface area contributed by atoms with Gasteiger partial charge in [0.15, 0.2) is 0 Å². The number of hydrogen-bond acceptors (Lipinski definition) is 6. The molecule has 4 aromatic rings. The van der Waals surface area contributed by atoms with E-state index >= 15 is 0 Å². The highest BCUT2D eigenvalue weighted by Crippen LogP contribution is 2.42. The molecule has 2 N–H and O–H groups in total. The first kappa shape index (κ1) is 29.0. The van der Waals surface area contributed by atoms with Gasteiger partial charge in [-0.25, -0.2) is 0 Å². The summed E-state index contributed by atoms with van der Waals surface area (Å²) < 4.78 is 23.1. The number of ether oxygens (including phenoxy) is 4. The zero-order valence-electron chi connectivity index (χ0n) is 24.2. The molecular weight excluding hydrogens is 500 g/mol. The summed E-state index contributed by atoms with van der Waals surface area (Å²) in [5, 5.41) is 7.85. The maximum Gasteiger partial charge on any atom is 0.123 e. The monoisotopic (exact) mass is 540 g/mol. The summed E-state index contributed by atoms with van der Waals surface area (Å²) in [6.45, 7) is 4.35. The molecule has 0 saturated carbocycles. The molecule has 4 aromatic carbocycles. The van der Waals surface area contributed by atoms with Gasteiger partial charge in [0.25, 0.3) is 0 Å². The Morgan fingerprint density at radius 2 is 0.850 bits per heavy atom. The van der Waals surface area contributed by atoms with E-state index in [1.807, 2.05) is 48.5 Å². The lowest BCUT2D eigenvalue weighted by Crippen LogP contribution is -2.38. The van der Waals surface area contributed by atoms with Crippen molar-refractivity contribution in [2.75, 3.05) is 28.4 Å². The van der Waals surface area contributed by atoms with Gasteiger partial charge in [0.2, 0.25) is 0 Å². The smallest absolute Gasteiger partial charge is 0.123 e. The Kier molecular flexibility index (Phi) is 10.1. The van der Waals surface area contributed by atoms with Crippen molar-refractivity contribution in [3.05, 3.63) is 119 Å². The van der Waals surface area contributed by atoms with Crippen LogP contribution in [0, 0.1) is 0 Å². The SMILES string of the molecule is COc1ccc(OC)c([C@H](N[C@@H](C)c2ccccc2)[C@@H](N[C@@H](C)c2ccccc2)c2cc(OC)ccc2OC)c1. The van der Waals surface area contributed by atoms with Crippen molar-refractivity contribution in [1.29, 1.82) is 0 Å². The molecule has 0 amide bonds. The van der Waals surface area contributed by atoms with Crippen molar-refractivity contribution in [3.8, 4) is 23.0 Å². The topological polar surface area (TPSA) is 61.0 Å². The zero-order chi connectivity index (χ0) is 28.5. The molecule has 0 heterocycles. The maximum atomic E-state index is 5.91. The molecule has 0 aliphatic rings. The van der Waals surface area contributed by atoms with Crippen molar-refractivity contribution in [1.82, 2.24) is 10.6 Å². The average Bonchev–Trinajstić information content (AvgIpc) is 3.02. The van der Waals surface area contributed by atoms with Crippen LogP contribution in [0.5, 0.6) is 23.0 Å². The first-order valence-electron chi connectivity index (χ1n) is 13.5. The summed E-state index contributed by atoms with van der Waals surface area (Å²) in [6, 6.07) is 32.2. The molecule has 6 nitrogen and oxygen atoms in total. The molecule has 0 saturated heterocycles. The molecule has 210 valence electrons. The summed E-state index contributed by atoms with van der Waals surface area (Å²) >= 11 is 0. The number of rotatable bonds is 13. The van der Waals surface area contributed by atoms with Gasteiger partial charge in [0.05, 0.1) is 40.5 Å². The third kappa shape index (κ3) is 6.76. The number of benzene rings is 4. The second-order valence-electron chi connectivity index (χ2n) is 9.77. The molecule has 0 fully saturated rings. The van der Waals surface area contributed by atoms with E-state index in [0.29, 0.717) is 0 Å². The van der Waals surface area contributed by atoms with E-state index in [2.05, 4.69) is 73.0 Å². The second-order valence-corrected chi connectivity index (χ2v) is 9.77. The van der Waals surface area contributed by atoms with Crippen LogP contribution in [0.4, 0.5) is 0 Å². The number of nitrogens with one attached hydrogen (secondary N) is 2. The lowest BCUT2D eigenvalue weighted by molar-refractivity contribution is 0.307. The van der Waals surface area contributed by atoms with Gasteiger partial charge in [-0.15, -0.1) is 0 Å². The Morgan fingerprint density at radius 3 is 1.18 bits per heavy atom. The molecule has 0 aliphatic carbocycles. The molecule has 0 spiro atoms. The first-order valence-corrected chi connectivity index (χ1v) is 13.5. The van der Waals surface area contributed by atoms with Gasteiger partial charge < -0.3 is 29.6 Å². The molecule has 6 heteroatoms. The highest BCUT2D eigenvalue weighted by molar-refractivity contribution is 5.48. The van der Waals surface area contributed by atoms with E-state index in [1.54, 1.807) is 28.4 Å². The van der Waals surface area contributed by atoms with Crippen LogP contribution in [0.1, 0.15) is 60.3 Å². The third-order valence-electron chi connectivity index (χ3n) is 7.34. The first-order chi connectivity index (χ1) is 19.5. The van der Waals surface area contributed by atoms with Crippen LogP contribution in [-0.4, -0.2) is 28.4 Å². The van der Waals surface area contributed by atoms with Gasteiger partial charge in [0.1, 0.15) is 23.0 Å². The lowest BCUT2D eigenvalue weighted by atomic mass is 9.89. The molecule has 40 heavy (non-hydrogen) atoms. The minimum atomic E-state index is -0.257. The van der Waals surface area contributed by atoms with E-state index in [9.17, 15) is 0 Å². The molecule has 0 aliphatic heterocycles. The molecule has 0 unspecified atom stereocenters. The zero-order valence-corrected chi connectivity index (χ0v) is 24.2. The van der Waals surface area contributed by atoms with Crippen LogP contribution in [0.3, 0.4) is 0 Å². The summed E-state index contributed by atoms with van der Waals surface area (Å²) in [6.07, 6.45) is 0. The fourth-order valence-electron chi connectivity index (χ4n) is 5.11. The van der Waals surface area contributed by atoms with Crippen molar-refractivity contribution < 1.29 is 18.9 Å². The summed E-state index contributed by atoms with van der Waals surface area (Å²) in [5.74, 6) is 3.03. The minimum absolute atomic E-state index is 0.0232. The average molecular weight is 541 g/mol. The Hall–Kier alpha value is -4.00. The Bertz CT molecular complexity index is 1240. The van der Waals surface area contributed by atoms with E-state index in [-0.39, 0.29) is 24.2 Å². The molecule has 0 aromatic heterocycles. The van der Waals surface area contributed by atoms with Gasteiger partial charge in [-0.3, -0.25) is 0 Å². The van der Waals surface area contributed by atoms with E-state index in [0.717, 1.165) is 34.1 Å². The Morgan fingerprint density at radius 1 is 0.475 bits per heavy atom. The van der Waals surface area contributed by atoms with Crippen LogP contribution in [0.15, 0.2) is 97.1 Å². The summed E-state index contributed by atoms with van der Waals surface area (Å²) in [5.41, 5.74) is 4.29. The van der Waals surface area contributed by atoms with Gasteiger partial charge in [-0.2, -0.15) is 0 Å². The number of hydrogen-bond donors (Lipinski definition) is 2. The van der Waals surface area contributed by atoms with Crippen molar-refractivity contribution >= 4 is 0 Å². The van der Waals surface area contributed by atoms with Crippen molar-refractivity contribution in [2.24, 2.45) is 0 Å². The summed E-state index contributed by atoms with van der Waals surface area (Å²) in [7, 11) is 6.76. The molecule has 0 radical (unpaired) electrons. The van der Waals surface area contributed by atoms with Gasteiger partial charge >= 0.3 is 0 Å². The van der Waals surface area contributed by atoms with E-state index < -0.39 is 0 Å². The molecule has 4 rings (SSSR count). The fourth-order valence-corrected chi connectivity index (χ4v) is 5.11. The van der Waals surface area contributed by atoms with Gasteiger partial charge in [0, 0.05) is 23.2 Å². The van der Waals surface area contributed by atoms with Crippen molar-refractivity contribution in [2.45, 2.75) is 38.0 Å². The largest absolute Gasteiger partial charge is 0.497 e. The van der Waals surface area contributed by atoms with Crippen LogP contribution in [-0.2, 0) is 0 Å². The Labute approximate surface area is 238 Å². The van der Waals surface area contributed by atoms with E-state index in [1.165, 1.54) is 11.1 Å². The standard InChI is InChI=1S/C34H40N2O4/c1-23(25-13-9-7-10-14-25)35-33(29-21-27(37-3)17-19-31(29)39-5)34(36-24(2)26-15-11-8-12-16-26)30-22-28(38-4)18-20-32(30)40-6/h7-24,33-36H,1-6H3/t23-,24-,33-,34-/m0/s1. The second kappa shape index (κ2) is 13.9. The normalized spacial score (nSPS) is 14.1. The quantitative estimate of drug-likeness (QED) is 0.187. The van der Waals surface area contributed by atoms with Crippen molar-refractivity contribution in [3.63, 3.8) is 0 Å². The maximum absolute atomic E-state index is 5.91. The fraction of sp³-hybridized carbons (Fsp3) is 0.294. The minimum Gasteiger partial charge on any atom is -0.497 e. The molecular formula is C34H40N2O4. The van der Waals surface area contributed by atoms with E-state index in [4.69, 9.17) is 18.9 Å². The molecule has 0 bridgehead atoms. The van der Waals surface area contributed by atoms with Gasteiger partial charge in [-0.05, 0) is 61.4 Å². The number of methoxy groups -OCH3 is 4. The van der Waals surface area contributed by atoms with Gasteiger partial charge in [-0.1, -0.05) is 60.7 Å².